The molecule has 11 nitrogen and oxygen atoms in total. The molecule has 0 spiro atoms. The lowest BCUT2D eigenvalue weighted by molar-refractivity contribution is -0.147. The van der Waals surface area contributed by atoms with Crippen molar-refractivity contribution in [2.24, 2.45) is 0 Å². The van der Waals surface area contributed by atoms with Gasteiger partial charge in [-0.2, -0.15) is 0 Å². The van der Waals surface area contributed by atoms with E-state index >= 15 is 0 Å². The summed E-state index contributed by atoms with van der Waals surface area (Å²) in [5.41, 5.74) is 1.28. The van der Waals surface area contributed by atoms with Crippen LogP contribution in [0.3, 0.4) is 0 Å². The normalized spacial score (nSPS) is 23.1. The third-order valence-corrected chi connectivity index (χ3v) is 4.73. The van der Waals surface area contributed by atoms with Crippen molar-refractivity contribution in [3.05, 3.63) is 48.4 Å². The van der Waals surface area contributed by atoms with Crippen molar-refractivity contribution in [2.75, 3.05) is 6.61 Å². The zero-order chi connectivity index (χ0) is 21.8. The van der Waals surface area contributed by atoms with Gasteiger partial charge in [0.25, 0.3) is 0 Å². The van der Waals surface area contributed by atoms with E-state index in [-0.39, 0.29) is 0 Å². The van der Waals surface area contributed by atoms with Gasteiger partial charge in [-0.3, -0.25) is 4.79 Å². The maximum absolute atomic E-state index is 11.9. The smallest absolute Gasteiger partial charge is 0.370 e. The molecule has 0 radical (unpaired) electrons. The minimum Gasteiger partial charge on any atom is -0.478 e. The maximum Gasteiger partial charge on any atom is 0.370 e. The van der Waals surface area contributed by atoms with Crippen molar-refractivity contribution >= 4 is 11.9 Å². The number of aliphatic carboxylic acids is 1. The molecule has 1 aromatic carbocycles. The minimum atomic E-state index is -1.69. The van der Waals surface area contributed by atoms with Gasteiger partial charge < -0.3 is 30.5 Å². The van der Waals surface area contributed by atoms with Gasteiger partial charge in [0.15, 0.2) is 0 Å². The molecule has 0 fully saturated rings. The fraction of sp³-hybridized carbons (Fsp3) is 0.368. The number of nitrogens with zero attached hydrogens (tertiary/aromatic N) is 3. The van der Waals surface area contributed by atoms with Gasteiger partial charge in [-0.25, -0.2) is 9.48 Å². The first-order valence-electron chi connectivity index (χ1n) is 9.15. The number of carbonyl (C=O) groups excluding carboxylic acids is 1. The lowest BCUT2D eigenvalue weighted by Crippen LogP contribution is -2.58. The lowest BCUT2D eigenvalue weighted by atomic mass is 9.91. The number of nitrogens with one attached hydrogen (secondary N) is 1. The van der Waals surface area contributed by atoms with Gasteiger partial charge in [0.05, 0.1) is 24.5 Å². The Morgan fingerprint density at radius 1 is 1.27 bits per heavy atom. The molecule has 0 saturated heterocycles. The first-order valence-corrected chi connectivity index (χ1v) is 9.15. The van der Waals surface area contributed by atoms with Gasteiger partial charge in [0.2, 0.25) is 11.7 Å². The fourth-order valence-corrected chi connectivity index (χ4v) is 3.35. The van der Waals surface area contributed by atoms with Crippen LogP contribution in [-0.2, 0) is 14.3 Å². The Balaban J connectivity index is 2.12. The molecule has 2 aromatic rings. The average molecular weight is 418 g/mol. The van der Waals surface area contributed by atoms with Crippen LogP contribution in [0.15, 0.2) is 48.4 Å². The van der Waals surface area contributed by atoms with E-state index in [2.05, 4.69) is 15.6 Å². The van der Waals surface area contributed by atoms with Crippen LogP contribution in [0, 0.1) is 0 Å². The number of amides is 1. The van der Waals surface area contributed by atoms with Gasteiger partial charge in [-0.15, -0.1) is 5.10 Å². The van der Waals surface area contributed by atoms with Gasteiger partial charge in [-0.1, -0.05) is 35.5 Å². The number of rotatable bonds is 7. The second kappa shape index (κ2) is 9.03. The van der Waals surface area contributed by atoms with Crippen LogP contribution in [0.5, 0.6) is 0 Å². The fourth-order valence-electron chi connectivity index (χ4n) is 3.35. The molecule has 1 aromatic heterocycles. The Bertz CT molecular complexity index is 930. The quantitative estimate of drug-likeness (QED) is 0.382. The number of aliphatic hydroxyl groups is 3. The number of benzene rings is 1. The van der Waals surface area contributed by atoms with E-state index in [9.17, 15) is 30.0 Å². The second-order valence-corrected chi connectivity index (χ2v) is 6.81. The van der Waals surface area contributed by atoms with E-state index in [4.69, 9.17) is 4.74 Å². The van der Waals surface area contributed by atoms with Crippen molar-refractivity contribution in [1.82, 2.24) is 20.3 Å². The van der Waals surface area contributed by atoms with Crippen LogP contribution >= 0.6 is 0 Å². The van der Waals surface area contributed by atoms with Crippen LogP contribution in [0.25, 0.3) is 11.3 Å². The predicted molar refractivity (Wildman–Crippen MR) is 102 cm³/mol. The van der Waals surface area contributed by atoms with Crippen molar-refractivity contribution in [2.45, 2.75) is 37.3 Å². The molecule has 1 aliphatic heterocycles. The second-order valence-electron chi connectivity index (χ2n) is 6.81. The highest BCUT2D eigenvalue weighted by Crippen LogP contribution is 2.32. The zero-order valence-corrected chi connectivity index (χ0v) is 16.0. The summed E-state index contributed by atoms with van der Waals surface area (Å²) in [6.45, 7) is 0.460. The Hall–Kier alpha value is -3.28. The molecule has 0 unspecified atom stereocenters. The van der Waals surface area contributed by atoms with E-state index in [1.165, 1.54) is 23.9 Å². The van der Waals surface area contributed by atoms with Crippen LogP contribution in [0.2, 0.25) is 0 Å². The number of carboxylic acid groups (broad SMARTS) is 1. The molecule has 5 atom stereocenters. The topological polar surface area (TPSA) is 167 Å². The molecule has 0 bridgehead atoms. The Kier molecular flexibility index (Phi) is 6.45. The molecule has 1 amide bonds. The van der Waals surface area contributed by atoms with Crippen molar-refractivity contribution in [3.63, 3.8) is 0 Å². The summed E-state index contributed by atoms with van der Waals surface area (Å²) >= 11 is 0. The summed E-state index contributed by atoms with van der Waals surface area (Å²) in [6.07, 6.45) is -1.97. The lowest BCUT2D eigenvalue weighted by Gasteiger charge is -2.40. The molecule has 5 N–H and O–H groups in total. The van der Waals surface area contributed by atoms with E-state index in [0.717, 1.165) is 5.56 Å². The first kappa shape index (κ1) is 21.4. The number of hydrogen-bond donors (Lipinski definition) is 5. The molecule has 11 heteroatoms. The number of carbonyl (C=O) groups is 2. The molecule has 3 rings (SSSR count). The summed E-state index contributed by atoms with van der Waals surface area (Å²) < 4.78 is 6.79. The number of aliphatic hydroxyl groups excluding tert-OH is 3. The predicted octanol–water partition coefficient (Wildman–Crippen LogP) is -0.928. The van der Waals surface area contributed by atoms with Crippen LogP contribution in [-0.4, -0.2) is 78.3 Å². The monoisotopic (exact) mass is 418 g/mol. The summed E-state index contributed by atoms with van der Waals surface area (Å²) in [4.78, 5) is 23.5. The van der Waals surface area contributed by atoms with Crippen molar-refractivity contribution in [3.8, 4) is 11.3 Å². The Morgan fingerprint density at radius 2 is 1.97 bits per heavy atom. The highest BCUT2D eigenvalue weighted by Gasteiger charge is 2.45. The minimum absolute atomic E-state index is 0.474. The van der Waals surface area contributed by atoms with Gasteiger partial charge in [0, 0.05) is 12.5 Å². The van der Waals surface area contributed by atoms with E-state index in [0.29, 0.717) is 5.69 Å². The molecular formula is C19H22N4O7. The van der Waals surface area contributed by atoms with E-state index in [1.807, 2.05) is 30.3 Å². The standard InChI is InChI=1S/C19H22N4O7/c1-10(25)21-16-12(23-13(8-20-22-23)11-5-3-2-4-6-11)7-15(19(28)29)30-18(16)17(27)14(26)9-24/h2-8,12,14,16-18,24,26-27H,9H2,1H3,(H,21,25)(H,28,29)/t12-,14+,16+,17+,18+/m0/s1. The Labute approximate surface area is 171 Å². The summed E-state index contributed by atoms with van der Waals surface area (Å²) in [5, 5.41) is 49.7. The van der Waals surface area contributed by atoms with Gasteiger partial charge in [-0.05, 0) is 6.08 Å². The number of carboxylic acids is 1. The average Bonchev–Trinajstić information content (AvgIpc) is 3.22. The highest BCUT2D eigenvalue weighted by atomic mass is 16.5. The number of hydrogen-bond acceptors (Lipinski definition) is 8. The molecule has 2 heterocycles. The Morgan fingerprint density at radius 3 is 2.57 bits per heavy atom. The number of aromatic nitrogens is 3. The number of ether oxygens (including phenoxy) is 1. The van der Waals surface area contributed by atoms with E-state index in [1.54, 1.807) is 0 Å². The summed E-state index contributed by atoms with van der Waals surface area (Å²) in [5.74, 6) is -2.37. The van der Waals surface area contributed by atoms with Gasteiger partial charge in [0.1, 0.15) is 24.4 Å². The highest BCUT2D eigenvalue weighted by molar-refractivity contribution is 5.84. The van der Waals surface area contributed by atoms with Gasteiger partial charge >= 0.3 is 5.97 Å². The molecule has 0 aliphatic carbocycles. The van der Waals surface area contributed by atoms with Crippen LogP contribution < -0.4 is 5.32 Å². The van der Waals surface area contributed by atoms with Crippen molar-refractivity contribution in [1.29, 1.82) is 0 Å². The molecule has 0 saturated carbocycles. The zero-order valence-electron chi connectivity index (χ0n) is 16.0. The van der Waals surface area contributed by atoms with E-state index < -0.39 is 54.6 Å². The summed E-state index contributed by atoms with van der Waals surface area (Å²) in [7, 11) is 0. The third kappa shape index (κ3) is 4.32. The molecule has 1 aliphatic rings. The molecule has 30 heavy (non-hydrogen) atoms. The van der Waals surface area contributed by atoms with Crippen LogP contribution in [0.1, 0.15) is 13.0 Å². The van der Waals surface area contributed by atoms with Crippen molar-refractivity contribution < 1.29 is 34.8 Å². The van der Waals surface area contributed by atoms with Crippen LogP contribution in [0.4, 0.5) is 0 Å². The maximum atomic E-state index is 11.9. The SMILES string of the molecule is CC(=O)N[C@H]1[C@H]([C@H](O)[C@H](O)CO)OC(C(=O)O)=C[C@@H]1n1nncc1-c1ccccc1. The first-order chi connectivity index (χ1) is 14.3. The largest absolute Gasteiger partial charge is 0.478 e. The molecule has 160 valence electrons. The molecular weight excluding hydrogens is 396 g/mol. The summed E-state index contributed by atoms with van der Waals surface area (Å²) in [6, 6.07) is 7.13. The third-order valence-electron chi connectivity index (χ3n) is 4.73.